The van der Waals surface area contributed by atoms with Gasteiger partial charge in [-0.3, -0.25) is 4.31 Å². The third-order valence-corrected chi connectivity index (χ3v) is 8.82. The SMILES string of the molecule is CN(c1ccc(Oc2ccc(S(=O)(=O)N3CCOCC3)cn2)cc1)S(=O)(=O)c1ccccc1. The molecule has 174 valence electrons. The fourth-order valence-electron chi connectivity index (χ4n) is 3.25. The van der Waals surface area contributed by atoms with Crippen LogP contribution >= 0.6 is 0 Å². The predicted molar refractivity (Wildman–Crippen MR) is 122 cm³/mol. The number of hydrogen-bond donors (Lipinski definition) is 0. The highest BCUT2D eigenvalue weighted by Crippen LogP contribution is 2.27. The summed E-state index contributed by atoms with van der Waals surface area (Å²) in [4.78, 5) is 4.39. The van der Waals surface area contributed by atoms with Gasteiger partial charge in [0.15, 0.2) is 0 Å². The fraction of sp³-hybridized carbons (Fsp3) is 0.227. The third kappa shape index (κ3) is 5.01. The van der Waals surface area contributed by atoms with Crippen LogP contribution in [0.15, 0.2) is 82.7 Å². The van der Waals surface area contributed by atoms with E-state index in [4.69, 9.17) is 9.47 Å². The van der Waals surface area contributed by atoms with E-state index in [-0.39, 0.29) is 15.7 Å². The molecule has 3 aromatic rings. The van der Waals surface area contributed by atoms with Crippen molar-refractivity contribution in [2.75, 3.05) is 37.7 Å². The van der Waals surface area contributed by atoms with Crippen molar-refractivity contribution < 1.29 is 26.3 Å². The second-order valence-corrected chi connectivity index (χ2v) is 11.1. The molecule has 0 spiro atoms. The number of morpholine rings is 1. The molecule has 1 aliphatic heterocycles. The third-order valence-electron chi connectivity index (χ3n) is 5.14. The second-order valence-electron chi connectivity index (χ2n) is 7.23. The van der Waals surface area contributed by atoms with Gasteiger partial charge in [-0.2, -0.15) is 4.31 Å². The Morgan fingerprint density at radius 1 is 0.879 bits per heavy atom. The molecule has 0 aliphatic carbocycles. The van der Waals surface area contributed by atoms with Crippen LogP contribution in [-0.2, 0) is 24.8 Å². The van der Waals surface area contributed by atoms with Crippen molar-refractivity contribution in [3.8, 4) is 11.6 Å². The summed E-state index contributed by atoms with van der Waals surface area (Å²) in [5.41, 5.74) is 0.464. The number of anilines is 1. The van der Waals surface area contributed by atoms with E-state index in [1.54, 1.807) is 42.5 Å². The molecule has 1 aromatic heterocycles. The lowest BCUT2D eigenvalue weighted by atomic mass is 10.3. The monoisotopic (exact) mass is 489 g/mol. The number of benzene rings is 2. The Labute approximate surface area is 193 Å². The summed E-state index contributed by atoms with van der Waals surface area (Å²) in [5.74, 6) is 0.648. The van der Waals surface area contributed by atoms with Gasteiger partial charge in [-0.25, -0.2) is 21.8 Å². The molecule has 0 atom stereocenters. The van der Waals surface area contributed by atoms with E-state index >= 15 is 0 Å². The summed E-state index contributed by atoms with van der Waals surface area (Å²) >= 11 is 0. The summed E-state index contributed by atoms with van der Waals surface area (Å²) in [7, 11) is -5.83. The Hall–Kier alpha value is -2.99. The van der Waals surface area contributed by atoms with Gasteiger partial charge in [0, 0.05) is 26.2 Å². The minimum atomic E-state index is -3.68. The average Bonchev–Trinajstić information content (AvgIpc) is 2.85. The minimum absolute atomic E-state index is 0.0832. The Balaban J connectivity index is 1.45. The Morgan fingerprint density at radius 3 is 2.15 bits per heavy atom. The molecule has 33 heavy (non-hydrogen) atoms. The zero-order valence-electron chi connectivity index (χ0n) is 17.9. The van der Waals surface area contributed by atoms with Crippen molar-refractivity contribution in [3.05, 3.63) is 72.9 Å². The van der Waals surface area contributed by atoms with Gasteiger partial charge in [-0.1, -0.05) is 18.2 Å². The molecule has 0 radical (unpaired) electrons. The molecule has 11 heteroatoms. The highest BCUT2D eigenvalue weighted by Gasteiger charge is 2.26. The van der Waals surface area contributed by atoms with Gasteiger partial charge in [0.2, 0.25) is 15.9 Å². The van der Waals surface area contributed by atoms with E-state index in [0.29, 0.717) is 37.7 Å². The highest BCUT2D eigenvalue weighted by molar-refractivity contribution is 7.92. The van der Waals surface area contributed by atoms with Crippen LogP contribution in [0.4, 0.5) is 5.69 Å². The van der Waals surface area contributed by atoms with E-state index in [0.717, 1.165) is 0 Å². The van der Waals surface area contributed by atoms with Gasteiger partial charge >= 0.3 is 0 Å². The van der Waals surface area contributed by atoms with Crippen LogP contribution in [0.5, 0.6) is 11.6 Å². The molecule has 0 unspecified atom stereocenters. The van der Waals surface area contributed by atoms with Gasteiger partial charge in [0.05, 0.1) is 30.0 Å². The molecular weight excluding hydrogens is 466 g/mol. The molecule has 2 heterocycles. The van der Waals surface area contributed by atoms with Crippen LogP contribution < -0.4 is 9.04 Å². The molecule has 1 saturated heterocycles. The summed E-state index contributed by atoms with van der Waals surface area (Å²) < 4.78 is 64.3. The number of ether oxygens (including phenoxy) is 2. The fourth-order valence-corrected chi connectivity index (χ4v) is 5.82. The van der Waals surface area contributed by atoms with Crippen LogP contribution in [0.25, 0.3) is 0 Å². The molecule has 9 nitrogen and oxygen atoms in total. The summed E-state index contributed by atoms with van der Waals surface area (Å²) in [6, 6.07) is 17.6. The zero-order valence-corrected chi connectivity index (χ0v) is 19.5. The average molecular weight is 490 g/mol. The Bertz CT molecular complexity index is 1290. The number of pyridine rings is 1. The Morgan fingerprint density at radius 2 is 1.55 bits per heavy atom. The maximum absolute atomic E-state index is 12.8. The first-order valence-electron chi connectivity index (χ1n) is 10.1. The van der Waals surface area contributed by atoms with Crippen molar-refractivity contribution >= 4 is 25.7 Å². The zero-order chi connectivity index (χ0) is 23.5. The normalized spacial score (nSPS) is 15.2. The first-order chi connectivity index (χ1) is 15.8. The molecular formula is C22H23N3O6S2. The van der Waals surface area contributed by atoms with Crippen LogP contribution in [0.2, 0.25) is 0 Å². The highest BCUT2D eigenvalue weighted by atomic mass is 32.2. The molecule has 0 amide bonds. The smallest absolute Gasteiger partial charge is 0.264 e. The summed E-state index contributed by atoms with van der Waals surface area (Å²) in [5, 5.41) is 0. The molecule has 0 N–H and O–H groups in total. The maximum atomic E-state index is 12.8. The van der Waals surface area contributed by atoms with E-state index in [1.165, 1.54) is 46.1 Å². The van der Waals surface area contributed by atoms with Crippen LogP contribution in [0.1, 0.15) is 0 Å². The van der Waals surface area contributed by atoms with Gasteiger partial charge in [-0.05, 0) is 42.5 Å². The topological polar surface area (TPSA) is 106 Å². The largest absolute Gasteiger partial charge is 0.439 e. The number of sulfonamides is 2. The Kier molecular flexibility index (Phi) is 6.66. The first-order valence-corrected chi connectivity index (χ1v) is 13.0. The van der Waals surface area contributed by atoms with Gasteiger partial charge in [0.1, 0.15) is 10.6 Å². The van der Waals surface area contributed by atoms with Gasteiger partial charge in [-0.15, -0.1) is 0 Å². The number of aromatic nitrogens is 1. The van der Waals surface area contributed by atoms with Crippen molar-refractivity contribution in [1.82, 2.24) is 9.29 Å². The minimum Gasteiger partial charge on any atom is -0.439 e. The first kappa shape index (κ1) is 23.2. The molecule has 0 saturated carbocycles. The second kappa shape index (κ2) is 9.48. The van der Waals surface area contributed by atoms with E-state index in [2.05, 4.69) is 4.98 Å². The van der Waals surface area contributed by atoms with Gasteiger partial charge in [0.25, 0.3) is 10.0 Å². The molecule has 1 aliphatic rings. The molecule has 0 bridgehead atoms. The van der Waals surface area contributed by atoms with Crippen LogP contribution in [0, 0.1) is 0 Å². The van der Waals surface area contributed by atoms with Crippen molar-refractivity contribution in [3.63, 3.8) is 0 Å². The van der Waals surface area contributed by atoms with Crippen molar-refractivity contribution in [2.24, 2.45) is 0 Å². The lowest BCUT2D eigenvalue weighted by Gasteiger charge is -2.25. The van der Waals surface area contributed by atoms with Crippen molar-refractivity contribution in [1.29, 1.82) is 0 Å². The maximum Gasteiger partial charge on any atom is 0.264 e. The standard InChI is InChI=1S/C22H23N3O6S2/c1-24(32(26,27)20-5-3-2-4-6-20)18-7-9-19(10-8-18)31-22-12-11-21(17-23-22)33(28,29)25-13-15-30-16-14-25/h2-12,17H,13-16H2,1H3. The summed E-state index contributed by atoms with van der Waals surface area (Å²) in [6.07, 6.45) is 1.26. The number of rotatable bonds is 7. The quantitative estimate of drug-likeness (QED) is 0.502. The molecule has 2 aromatic carbocycles. The lowest BCUT2D eigenvalue weighted by molar-refractivity contribution is 0.0730. The van der Waals surface area contributed by atoms with Gasteiger partial charge < -0.3 is 9.47 Å². The van der Waals surface area contributed by atoms with Crippen LogP contribution in [-0.4, -0.2) is 59.5 Å². The van der Waals surface area contributed by atoms with E-state index in [9.17, 15) is 16.8 Å². The summed E-state index contributed by atoms with van der Waals surface area (Å²) in [6.45, 7) is 1.35. The predicted octanol–water partition coefficient (Wildman–Crippen LogP) is 2.72. The van der Waals surface area contributed by atoms with E-state index < -0.39 is 20.0 Å². The molecule has 4 rings (SSSR count). The van der Waals surface area contributed by atoms with Crippen molar-refractivity contribution in [2.45, 2.75) is 9.79 Å². The number of hydrogen-bond acceptors (Lipinski definition) is 7. The van der Waals surface area contributed by atoms with E-state index in [1.807, 2.05) is 0 Å². The number of nitrogens with zero attached hydrogens (tertiary/aromatic N) is 3. The van der Waals surface area contributed by atoms with Crippen LogP contribution in [0.3, 0.4) is 0 Å². The lowest BCUT2D eigenvalue weighted by Crippen LogP contribution is -2.40. The molecule has 1 fully saturated rings.